The van der Waals surface area contributed by atoms with Gasteiger partial charge in [-0.3, -0.25) is 0 Å². The van der Waals surface area contributed by atoms with Gasteiger partial charge in [0, 0.05) is 37.3 Å². The number of rotatable bonds is 6. The van der Waals surface area contributed by atoms with E-state index in [2.05, 4.69) is 24.3 Å². The topological polar surface area (TPSA) is 74.1 Å². The van der Waals surface area contributed by atoms with Gasteiger partial charge >= 0.3 is 0 Å². The van der Waals surface area contributed by atoms with Crippen LogP contribution in [0.3, 0.4) is 0 Å². The summed E-state index contributed by atoms with van der Waals surface area (Å²) >= 11 is 1.70. The molecule has 7 nitrogen and oxygen atoms in total. The molecule has 0 saturated carbocycles. The van der Waals surface area contributed by atoms with Crippen LogP contribution >= 0.6 is 11.3 Å². The molecule has 28 heavy (non-hydrogen) atoms. The van der Waals surface area contributed by atoms with E-state index < -0.39 is 0 Å². The monoisotopic (exact) mass is 401 g/mol. The van der Waals surface area contributed by atoms with E-state index in [-0.39, 0.29) is 5.60 Å². The minimum Gasteiger partial charge on any atom is -0.385 e. The van der Waals surface area contributed by atoms with Gasteiger partial charge in [-0.1, -0.05) is 0 Å². The van der Waals surface area contributed by atoms with Gasteiger partial charge in [0.25, 0.3) is 5.95 Å². The number of thiophene rings is 1. The van der Waals surface area contributed by atoms with Crippen LogP contribution in [0.4, 0.5) is 5.82 Å². The minimum absolute atomic E-state index is 0.178. The van der Waals surface area contributed by atoms with Crippen molar-refractivity contribution in [3.8, 4) is 5.95 Å². The van der Waals surface area contributed by atoms with Gasteiger partial charge in [-0.15, -0.1) is 11.3 Å². The van der Waals surface area contributed by atoms with E-state index >= 15 is 0 Å². The molecule has 8 heteroatoms. The van der Waals surface area contributed by atoms with E-state index in [0.717, 1.165) is 46.8 Å². The van der Waals surface area contributed by atoms with Gasteiger partial charge in [0.15, 0.2) is 0 Å². The average Bonchev–Trinajstić information content (AvgIpc) is 3.16. The third-order valence-electron chi connectivity index (χ3n) is 4.94. The van der Waals surface area contributed by atoms with Crippen molar-refractivity contribution in [2.24, 2.45) is 0 Å². The van der Waals surface area contributed by atoms with E-state index in [1.165, 1.54) is 10.4 Å². The normalized spacial score (nSPS) is 15.8. The third-order valence-corrected chi connectivity index (χ3v) is 6.03. The van der Waals surface area contributed by atoms with Crippen LogP contribution in [0.25, 0.3) is 16.2 Å². The molecule has 3 aromatic heterocycles. The number of methoxy groups -OCH3 is 1. The van der Waals surface area contributed by atoms with Crippen LogP contribution in [0, 0.1) is 13.8 Å². The zero-order chi connectivity index (χ0) is 19.9. The Morgan fingerprint density at radius 3 is 2.86 bits per heavy atom. The number of hydrogen-bond acceptors (Lipinski definition) is 7. The molecule has 0 atom stereocenters. The molecule has 4 rings (SSSR count). The summed E-state index contributed by atoms with van der Waals surface area (Å²) in [5.41, 5.74) is 3.11. The fourth-order valence-corrected chi connectivity index (χ4v) is 4.71. The lowest BCUT2D eigenvalue weighted by Gasteiger charge is -2.30. The molecular weight excluding hydrogens is 374 g/mol. The number of aromatic nitrogens is 4. The van der Waals surface area contributed by atoms with Crippen molar-refractivity contribution in [1.82, 2.24) is 19.7 Å². The summed E-state index contributed by atoms with van der Waals surface area (Å²) in [5, 5.41) is 9.21. The Balaban J connectivity index is 1.82. The number of nitrogens with zero attached hydrogens (tertiary/aromatic N) is 4. The molecule has 1 aliphatic heterocycles. The molecule has 0 radical (unpaired) electrons. The van der Waals surface area contributed by atoms with Crippen molar-refractivity contribution in [1.29, 1.82) is 0 Å². The van der Waals surface area contributed by atoms with Crippen LogP contribution in [-0.4, -0.2) is 45.6 Å². The van der Waals surface area contributed by atoms with Crippen LogP contribution < -0.4 is 5.32 Å². The minimum atomic E-state index is -0.178. The molecule has 150 valence electrons. The number of fused-ring (bicyclic) bond motifs is 3. The summed E-state index contributed by atoms with van der Waals surface area (Å²) in [6, 6.07) is 2.04. The highest BCUT2D eigenvalue weighted by Gasteiger charge is 2.31. The lowest BCUT2D eigenvalue weighted by molar-refractivity contribution is -0.0379. The molecule has 0 bridgehead atoms. The van der Waals surface area contributed by atoms with Gasteiger partial charge in [0.2, 0.25) is 0 Å². The standard InChI is InChI=1S/C20H27N5O2S/c1-12-9-13(2)25(24-12)19-22-17(21-7-6-8-26-5)16-14-10-20(3,4)27-11-15(14)28-18(16)23-19/h9H,6-8,10-11H2,1-5H3,(H,21,22,23). The van der Waals surface area contributed by atoms with Crippen molar-refractivity contribution in [3.05, 3.63) is 27.9 Å². The largest absolute Gasteiger partial charge is 0.385 e. The predicted molar refractivity (Wildman–Crippen MR) is 112 cm³/mol. The summed E-state index contributed by atoms with van der Waals surface area (Å²) in [6.45, 7) is 10.4. The first kappa shape index (κ1) is 19.3. The summed E-state index contributed by atoms with van der Waals surface area (Å²) in [6.07, 6.45) is 1.77. The number of anilines is 1. The zero-order valence-electron chi connectivity index (χ0n) is 17.1. The molecule has 0 fully saturated rings. The zero-order valence-corrected chi connectivity index (χ0v) is 17.9. The summed E-state index contributed by atoms with van der Waals surface area (Å²) in [5.74, 6) is 1.48. The maximum atomic E-state index is 6.02. The number of nitrogens with one attached hydrogen (secondary N) is 1. The van der Waals surface area contributed by atoms with Gasteiger partial charge in [0.1, 0.15) is 10.6 Å². The molecule has 0 saturated heterocycles. The van der Waals surface area contributed by atoms with Crippen LogP contribution in [0.1, 0.15) is 42.1 Å². The smallest absolute Gasteiger partial charge is 0.254 e. The quantitative estimate of drug-likeness (QED) is 0.634. The van der Waals surface area contributed by atoms with E-state index in [9.17, 15) is 0 Å². The van der Waals surface area contributed by atoms with Crippen molar-refractivity contribution >= 4 is 27.4 Å². The van der Waals surface area contributed by atoms with Crippen molar-refractivity contribution in [3.63, 3.8) is 0 Å². The molecule has 4 heterocycles. The summed E-state index contributed by atoms with van der Waals surface area (Å²) in [7, 11) is 1.72. The molecule has 1 N–H and O–H groups in total. The van der Waals surface area contributed by atoms with Crippen LogP contribution in [0.15, 0.2) is 6.07 Å². The van der Waals surface area contributed by atoms with Gasteiger partial charge in [-0.25, -0.2) is 4.68 Å². The van der Waals surface area contributed by atoms with Crippen LogP contribution in [0.2, 0.25) is 0 Å². The molecule has 0 unspecified atom stereocenters. The molecule has 0 amide bonds. The number of hydrogen-bond donors (Lipinski definition) is 1. The van der Waals surface area contributed by atoms with E-state index in [1.807, 2.05) is 24.6 Å². The first-order valence-electron chi connectivity index (χ1n) is 9.60. The van der Waals surface area contributed by atoms with E-state index in [4.69, 9.17) is 19.4 Å². The third kappa shape index (κ3) is 3.64. The second kappa shape index (κ2) is 7.42. The Hall–Kier alpha value is -2.03. The fourth-order valence-electron chi connectivity index (χ4n) is 3.61. The second-order valence-electron chi connectivity index (χ2n) is 7.89. The van der Waals surface area contributed by atoms with Crippen molar-refractivity contribution in [2.45, 2.75) is 52.7 Å². The highest BCUT2D eigenvalue weighted by atomic mass is 32.1. The number of ether oxygens (including phenoxy) is 2. The summed E-state index contributed by atoms with van der Waals surface area (Å²) in [4.78, 5) is 12.0. The maximum Gasteiger partial charge on any atom is 0.254 e. The van der Waals surface area contributed by atoms with E-state index in [0.29, 0.717) is 19.2 Å². The average molecular weight is 402 g/mol. The Morgan fingerprint density at radius 2 is 2.14 bits per heavy atom. The van der Waals surface area contributed by atoms with Crippen LogP contribution in [0.5, 0.6) is 0 Å². The number of aryl methyl sites for hydroxylation is 2. The Kier molecular flexibility index (Phi) is 5.11. The molecule has 0 aliphatic carbocycles. The Bertz CT molecular complexity index is 1010. The van der Waals surface area contributed by atoms with Gasteiger partial charge in [0.05, 0.1) is 23.3 Å². The van der Waals surface area contributed by atoms with Crippen molar-refractivity contribution in [2.75, 3.05) is 25.6 Å². The lowest BCUT2D eigenvalue weighted by atomic mass is 9.94. The maximum absolute atomic E-state index is 6.02. The Morgan fingerprint density at radius 1 is 1.32 bits per heavy atom. The highest BCUT2D eigenvalue weighted by molar-refractivity contribution is 7.19. The first-order chi connectivity index (χ1) is 13.4. The summed E-state index contributed by atoms with van der Waals surface area (Å²) < 4.78 is 13.0. The van der Waals surface area contributed by atoms with Crippen LogP contribution in [-0.2, 0) is 22.5 Å². The molecular formula is C20H27N5O2S. The van der Waals surface area contributed by atoms with Gasteiger partial charge in [-0.05, 0) is 45.7 Å². The van der Waals surface area contributed by atoms with E-state index in [1.54, 1.807) is 18.4 Å². The molecule has 0 spiro atoms. The Labute approximate surface area is 169 Å². The second-order valence-corrected chi connectivity index (χ2v) is 8.98. The lowest BCUT2D eigenvalue weighted by Crippen LogP contribution is -2.31. The van der Waals surface area contributed by atoms with Crippen molar-refractivity contribution < 1.29 is 9.47 Å². The SMILES string of the molecule is COCCCNc1nc(-n2nc(C)cc2C)nc2sc3c(c12)CC(C)(C)OC3. The first-order valence-corrected chi connectivity index (χ1v) is 10.4. The fraction of sp³-hybridized carbons (Fsp3) is 0.550. The molecule has 1 aliphatic rings. The van der Waals surface area contributed by atoms with Gasteiger partial charge < -0.3 is 14.8 Å². The predicted octanol–water partition coefficient (Wildman–Crippen LogP) is 3.79. The molecule has 3 aromatic rings. The highest BCUT2D eigenvalue weighted by Crippen LogP contribution is 2.41. The van der Waals surface area contributed by atoms with Gasteiger partial charge in [-0.2, -0.15) is 15.1 Å². The molecule has 0 aromatic carbocycles.